The first kappa shape index (κ1) is 18.8. The van der Waals surface area contributed by atoms with Crippen molar-refractivity contribution in [2.75, 3.05) is 19.5 Å². The Bertz CT molecular complexity index is 927. The van der Waals surface area contributed by atoms with E-state index in [1.807, 2.05) is 30.3 Å². The Hall–Kier alpha value is -2.99. The highest BCUT2D eigenvalue weighted by Gasteiger charge is 2.15. The van der Waals surface area contributed by atoms with Crippen LogP contribution in [-0.4, -0.2) is 20.1 Å². The van der Waals surface area contributed by atoms with Gasteiger partial charge in [0, 0.05) is 11.3 Å². The van der Waals surface area contributed by atoms with E-state index < -0.39 is 0 Å². The van der Waals surface area contributed by atoms with Crippen LogP contribution >= 0.6 is 15.9 Å². The molecule has 27 heavy (non-hydrogen) atoms. The Balaban J connectivity index is 1.72. The number of carbonyl (C=O) groups excluding carboxylic acids is 1. The highest BCUT2D eigenvalue weighted by Crippen LogP contribution is 2.36. The number of nitrogens with one attached hydrogen (secondary N) is 1. The lowest BCUT2D eigenvalue weighted by Crippen LogP contribution is -2.12. The van der Waals surface area contributed by atoms with E-state index in [-0.39, 0.29) is 5.91 Å². The van der Waals surface area contributed by atoms with Crippen LogP contribution in [0.2, 0.25) is 0 Å². The average Bonchev–Trinajstić information content (AvgIpc) is 2.69. The summed E-state index contributed by atoms with van der Waals surface area (Å²) in [5.74, 6) is 2.20. The maximum atomic E-state index is 12.6. The molecule has 0 aliphatic carbocycles. The minimum absolute atomic E-state index is 0.256. The third-order valence-electron chi connectivity index (χ3n) is 3.79. The normalized spacial score (nSPS) is 10.2. The molecule has 0 bridgehead atoms. The summed E-state index contributed by atoms with van der Waals surface area (Å²) in [5, 5.41) is 2.85. The Morgan fingerprint density at radius 1 is 0.889 bits per heavy atom. The van der Waals surface area contributed by atoms with Crippen LogP contribution in [0.3, 0.4) is 0 Å². The van der Waals surface area contributed by atoms with Crippen molar-refractivity contribution in [3.05, 3.63) is 76.8 Å². The number of hydrogen-bond donors (Lipinski definition) is 1. The van der Waals surface area contributed by atoms with Gasteiger partial charge in [-0.2, -0.15) is 0 Å². The van der Waals surface area contributed by atoms with Crippen molar-refractivity contribution in [3.8, 4) is 23.0 Å². The monoisotopic (exact) mass is 427 g/mol. The molecule has 0 saturated heterocycles. The first-order valence-corrected chi connectivity index (χ1v) is 8.96. The summed E-state index contributed by atoms with van der Waals surface area (Å²) in [6.07, 6.45) is 0. The smallest absolute Gasteiger partial charge is 0.255 e. The van der Waals surface area contributed by atoms with Crippen molar-refractivity contribution in [2.45, 2.75) is 0 Å². The molecule has 138 valence electrons. The molecule has 5 nitrogen and oxygen atoms in total. The lowest BCUT2D eigenvalue weighted by atomic mass is 10.1. The van der Waals surface area contributed by atoms with E-state index in [1.54, 1.807) is 43.5 Å². The third-order valence-corrected chi connectivity index (χ3v) is 4.38. The minimum atomic E-state index is -0.256. The number of rotatable bonds is 6. The van der Waals surface area contributed by atoms with Gasteiger partial charge in [0.25, 0.3) is 5.91 Å². The maximum absolute atomic E-state index is 12.6. The van der Waals surface area contributed by atoms with Gasteiger partial charge in [0.2, 0.25) is 0 Å². The number of hydrogen-bond acceptors (Lipinski definition) is 4. The van der Waals surface area contributed by atoms with Gasteiger partial charge < -0.3 is 19.5 Å². The lowest BCUT2D eigenvalue weighted by Gasteiger charge is -2.12. The van der Waals surface area contributed by atoms with Crippen molar-refractivity contribution >= 4 is 27.5 Å². The topological polar surface area (TPSA) is 56.8 Å². The zero-order chi connectivity index (χ0) is 19.2. The van der Waals surface area contributed by atoms with Gasteiger partial charge in [-0.15, -0.1) is 0 Å². The van der Waals surface area contributed by atoms with Gasteiger partial charge in [-0.1, -0.05) is 18.2 Å². The number of halogens is 1. The van der Waals surface area contributed by atoms with E-state index in [0.717, 1.165) is 5.75 Å². The maximum Gasteiger partial charge on any atom is 0.255 e. The number of amides is 1. The molecule has 0 radical (unpaired) electrons. The molecule has 1 amide bonds. The van der Waals surface area contributed by atoms with Crippen LogP contribution in [0.5, 0.6) is 23.0 Å². The zero-order valence-electron chi connectivity index (χ0n) is 14.9. The molecule has 6 heteroatoms. The Morgan fingerprint density at radius 3 is 2.19 bits per heavy atom. The molecule has 3 aromatic carbocycles. The number of anilines is 1. The largest absolute Gasteiger partial charge is 0.493 e. The van der Waals surface area contributed by atoms with Crippen LogP contribution in [0, 0.1) is 0 Å². The van der Waals surface area contributed by atoms with Gasteiger partial charge >= 0.3 is 0 Å². The summed E-state index contributed by atoms with van der Waals surface area (Å²) < 4.78 is 16.9. The average molecular weight is 428 g/mol. The molecular formula is C21H18BrNO4. The Morgan fingerprint density at radius 2 is 1.56 bits per heavy atom. The molecule has 0 aliphatic heterocycles. The molecule has 1 N–H and O–H groups in total. The minimum Gasteiger partial charge on any atom is -0.493 e. The van der Waals surface area contributed by atoms with Crippen LogP contribution in [-0.2, 0) is 0 Å². The number of carbonyl (C=O) groups is 1. The summed E-state index contributed by atoms with van der Waals surface area (Å²) in [6, 6.07) is 20.0. The molecule has 0 fully saturated rings. The first-order valence-electron chi connectivity index (χ1n) is 8.16. The molecule has 0 aromatic heterocycles. The summed E-state index contributed by atoms with van der Waals surface area (Å²) in [4.78, 5) is 12.6. The summed E-state index contributed by atoms with van der Waals surface area (Å²) >= 11 is 3.39. The molecule has 0 spiro atoms. The van der Waals surface area contributed by atoms with Crippen molar-refractivity contribution in [1.29, 1.82) is 0 Å². The van der Waals surface area contributed by atoms with E-state index >= 15 is 0 Å². The number of benzene rings is 3. The zero-order valence-corrected chi connectivity index (χ0v) is 16.4. The molecule has 3 aromatic rings. The lowest BCUT2D eigenvalue weighted by molar-refractivity contribution is 0.102. The molecule has 0 unspecified atom stereocenters. The van der Waals surface area contributed by atoms with Crippen LogP contribution in [0.1, 0.15) is 10.4 Å². The van der Waals surface area contributed by atoms with Crippen molar-refractivity contribution in [1.82, 2.24) is 0 Å². The second kappa shape index (κ2) is 8.60. The van der Waals surface area contributed by atoms with Crippen molar-refractivity contribution in [2.24, 2.45) is 0 Å². The quantitative estimate of drug-likeness (QED) is 0.563. The van der Waals surface area contributed by atoms with Gasteiger partial charge in [-0.05, 0) is 64.5 Å². The fourth-order valence-corrected chi connectivity index (χ4v) is 3.09. The second-order valence-electron chi connectivity index (χ2n) is 5.59. The fraction of sp³-hybridized carbons (Fsp3) is 0.0952. The standard InChI is InChI=1S/C21H18BrNO4/c1-25-19-13-14(12-18(22)20(19)26-2)21(24)23-15-8-10-17(11-9-15)27-16-6-4-3-5-7-16/h3-13H,1-2H3,(H,23,24). The number of para-hydroxylation sites is 1. The first-order chi connectivity index (χ1) is 13.1. The van der Waals surface area contributed by atoms with Crippen LogP contribution < -0.4 is 19.5 Å². The molecular weight excluding hydrogens is 410 g/mol. The van der Waals surface area contributed by atoms with E-state index in [1.165, 1.54) is 7.11 Å². The van der Waals surface area contributed by atoms with Gasteiger partial charge in [0.1, 0.15) is 11.5 Å². The second-order valence-corrected chi connectivity index (χ2v) is 6.44. The number of ether oxygens (including phenoxy) is 3. The molecule has 0 atom stereocenters. The van der Waals surface area contributed by atoms with Gasteiger partial charge in [-0.3, -0.25) is 4.79 Å². The summed E-state index contributed by atoms with van der Waals surface area (Å²) in [5.41, 5.74) is 1.11. The predicted octanol–water partition coefficient (Wildman–Crippen LogP) is 5.51. The van der Waals surface area contributed by atoms with E-state index in [9.17, 15) is 4.79 Å². The third kappa shape index (κ3) is 4.60. The van der Waals surface area contributed by atoms with E-state index in [4.69, 9.17) is 14.2 Å². The fourth-order valence-electron chi connectivity index (χ4n) is 2.48. The van der Waals surface area contributed by atoms with Gasteiger partial charge in [0.05, 0.1) is 18.7 Å². The molecule has 0 aliphatic rings. The Kier molecular flexibility index (Phi) is 5.98. The Labute approximate surface area is 166 Å². The van der Waals surface area contributed by atoms with Gasteiger partial charge in [0.15, 0.2) is 11.5 Å². The predicted molar refractivity (Wildman–Crippen MR) is 108 cm³/mol. The van der Waals surface area contributed by atoms with E-state index in [0.29, 0.717) is 33.0 Å². The van der Waals surface area contributed by atoms with Crippen LogP contribution in [0.15, 0.2) is 71.2 Å². The highest BCUT2D eigenvalue weighted by molar-refractivity contribution is 9.10. The van der Waals surface area contributed by atoms with Crippen LogP contribution in [0.4, 0.5) is 5.69 Å². The summed E-state index contributed by atoms with van der Waals surface area (Å²) in [6.45, 7) is 0. The molecule has 3 rings (SSSR count). The molecule has 0 heterocycles. The van der Waals surface area contributed by atoms with Crippen molar-refractivity contribution in [3.63, 3.8) is 0 Å². The SMILES string of the molecule is COc1cc(C(=O)Nc2ccc(Oc3ccccc3)cc2)cc(Br)c1OC. The highest BCUT2D eigenvalue weighted by atomic mass is 79.9. The van der Waals surface area contributed by atoms with E-state index in [2.05, 4.69) is 21.2 Å². The van der Waals surface area contributed by atoms with Gasteiger partial charge in [-0.25, -0.2) is 0 Å². The van der Waals surface area contributed by atoms with Crippen molar-refractivity contribution < 1.29 is 19.0 Å². The number of methoxy groups -OCH3 is 2. The molecule has 0 saturated carbocycles. The summed E-state index contributed by atoms with van der Waals surface area (Å²) in [7, 11) is 3.07. The van der Waals surface area contributed by atoms with Crippen LogP contribution in [0.25, 0.3) is 0 Å².